The average Bonchev–Trinajstić information content (AvgIpc) is 3.50. The summed E-state index contributed by atoms with van der Waals surface area (Å²) in [4.78, 5) is 0.815. The third-order valence-electron chi connectivity index (χ3n) is 7.66. The molecule has 0 fully saturated rings. The molecule has 224 valence electrons. The predicted molar refractivity (Wildman–Crippen MR) is 159 cm³/mol. The molecule has 1 aliphatic rings. The molecule has 0 atom stereocenters. The molecule has 0 N–H and O–H groups in total. The number of rotatable bonds is 10. The van der Waals surface area contributed by atoms with E-state index >= 15 is 26.3 Å². The highest BCUT2D eigenvalue weighted by atomic mass is 32.1. The van der Waals surface area contributed by atoms with Crippen molar-refractivity contribution in [1.82, 2.24) is 0 Å². The Morgan fingerprint density at radius 2 is 1.43 bits per heavy atom. The number of ether oxygens (including phenoxy) is 2. The minimum atomic E-state index is -5.65. The monoisotopic (exact) mass is 624 g/mol. The van der Waals surface area contributed by atoms with Crippen molar-refractivity contribution in [3.8, 4) is 15.5 Å². The van der Waals surface area contributed by atoms with Crippen LogP contribution in [0.25, 0.3) is 31.7 Å². The molecular formula is C32H30F6O2S2. The minimum absolute atomic E-state index is 0.125. The molecule has 2 nitrogen and oxygen atoms in total. The van der Waals surface area contributed by atoms with Gasteiger partial charge >= 0.3 is 17.8 Å². The van der Waals surface area contributed by atoms with E-state index in [4.69, 9.17) is 9.47 Å². The molecule has 10 heteroatoms. The SMILES string of the molecule is CCOCCCCc1ccc(-c2sc(C)c(C3=C(c4c(OC)sc5ccccc45)C(F)(F)C(F)(F)C3(F)F)c2C)cc1. The first-order valence-electron chi connectivity index (χ1n) is 13.6. The second-order valence-electron chi connectivity index (χ2n) is 10.3. The largest absolute Gasteiger partial charge is 0.487 e. The molecule has 0 aliphatic heterocycles. The summed E-state index contributed by atoms with van der Waals surface area (Å²) in [5.41, 5.74) is -1.39. The van der Waals surface area contributed by atoms with E-state index in [1.165, 1.54) is 27.0 Å². The Hall–Kier alpha value is -2.82. The normalized spacial score (nSPS) is 17.4. The Bertz CT molecular complexity index is 1630. The molecule has 0 radical (unpaired) electrons. The van der Waals surface area contributed by atoms with Gasteiger partial charge in [-0.3, -0.25) is 0 Å². The highest BCUT2D eigenvalue weighted by molar-refractivity contribution is 7.21. The number of thiophene rings is 2. The van der Waals surface area contributed by atoms with Crippen molar-refractivity contribution in [2.75, 3.05) is 20.3 Å². The van der Waals surface area contributed by atoms with Gasteiger partial charge in [0.25, 0.3) is 0 Å². The van der Waals surface area contributed by atoms with E-state index in [9.17, 15) is 0 Å². The predicted octanol–water partition coefficient (Wildman–Crippen LogP) is 10.4. The van der Waals surface area contributed by atoms with Crippen LogP contribution in [0.15, 0.2) is 48.5 Å². The summed E-state index contributed by atoms with van der Waals surface area (Å²) in [6, 6.07) is 13.8. The maximum Gasteiger partial charge on any atom is 0.380 e. The van der Waals surface area contributed by atoms with Crippen LogP contribution in [0.3, 0.4) is 0 Å². The maximum absolute atomic E-state index is 15.7. The van der Waals surface area contributed by atoms with Crippen LogP contribution in [0, 0.1) is 13.8 Å². The second-order valence-corrected chi connectivity index (χ2v) is 12.5. The number of hydrogen-bond donors (Lipinski definition) is 0. The van der Waals surface area contributed by atoms with Crippen LogP contribution in [0.1, 0.15) is 46.9 Å². The first-order valence-corrected chi connectivity index (χ1v) is 15.2. The van der Waals surface area contributed by atoms with Crippen LogP contribution >= 0.6 is 22.7 Å². The molecule has 2 aromatic carbocycles. The molecule has 0 saturated heterocycles. The first kappa shape index (κ1) is 30.6. The van der Waals surface area contributed by atoms with Crippen LogP contribution in [0.2, 0.25) is 0 Å². The molecule has 1 aliphatic carbocycles. The van der Waals surface area contributed by atoms with Crippen molar-refractivity contribution in [3.05, 3.63) is 75.7 Å². The number of alkyl halides is 6. The number of unbranched alkanes of at least 4 members (excludes halogenated alkanes) is 1. The third-order valence-corrected chi connectivity index (χ3v) is 10.1. The summed E-state index contributed by atoms with van der Waals surface area (Å²) in [7, 11) is 1.21. The van der Waals surface area contributed by atoms with E-state index in [0.717, 1.165) is 47.5 Å². The third kappa shape index (κ3) is 4.75. The fraction of sp³-hybridized carbons (Fsp3) is 0.375. The van der Waals surface area contributed by atoms with Crippen LogP contribution in [0.4, 0.5) is 26.3 Å². The fourth-order valence-corrected chi connectivity index (χ4v) is 7.79. The van der Waals surface area contributed by atoms with Gasteiger partial charge in [-0.05, 0) is 62.8 Å². The quantitative estimate of drug-likeness (QED) is 0.129. The van der Waals surface area contributed by atoms with Gasteiger partial charge in [-0.2, -0.15) is 26.3 Å². The molecule has 4 aromatic rings. The Labute approximate surface area is 248 Å². The van der Waals surface area contributed by atoms with Crippen molar-refractivity contribution in [3.63, 3.8) is 0 Å². The highest BCUT2D eigenvalue weighted by Gasteiger charge is 2.80. The summed E-state index contributed by atoms with van der Waals surface area (Å²) < 4.78 is 104. The van der Waals surface area contributed by atoms with Gasteiger partial charge in [0, 0.05) is 49.8 Å². The number of benzene rings is 2. The molecule has 0 unspecified atom stereocenters. The van der Waals surface area contributed by atoms with Crippen molar-refractivity contribution in [1.29, 1.82) is 0 Å². The smallest absolute Gasteiger partial charge is 0.380 e. The lowest BCUT2D eigenvalue weighted by Crippen LogP contribution is -2.49. The Kier molecular flexibility index (Phi) is 8.28. The minimum Gasteiger partial charge on any atom is -0.487 e. The van der Waals surface area contributed by atoms with E-state index in [-0.39, 0.29) is 26.5 Å². The van der Waals surface area contributed by atoms with Gasteiger partial charge < -0.3 is 9.47 Å². The molecule has 0 amide bonds. The average molecular weight is 625 g/mol. The van der Waals surface area contributed by atoms with E-state index in [1.807, 2.05) is 31.2 Å². The molecule has 5 rings (SSSR count). The molecular weight excluding hydrogens is 594 g/mol. The number of halogens is 6. The molecule has 0 bridgehead atoms. The van der Waals surface area contributed by atoms with Gasteiger partial charge in [0.1, 0.15) is 0 Å². The Morgan fingerprint density at radius 3 is 2.07 bits per heavy atom. The number of fused-ring (bicyclic) bond motifs is 1. The maximum atomic E-state index is 15.7. The van der Waals surface area contributed by atoms with Gasteiger partial charge in [-0.15, -0.1) is 11.3 Å². The van der Waals surface area contributed by atoms with E-state index in [0.29, 0.717) is 28.4 Å². The lowest BCUT2D eigenvalue weighted by atomic mass is 9.91. The summed E-state index contributed by atoms with van der Waals surface area (Å²) >= 11 is 2.07. The number of allylic oxidation sites excluding steroid dienone is 2. The first-order chi connectivity index (χ1) is 19.9. The zero-order valence-electron chi connectivity index (χ0n) is 23.6. The Morgan fingerprint density at radius 1 is 0.786 bits per heavy atom. The van der Waals surface area contributed by atoms with Crippen molar-refractivity contribution in [2.45, 2.75) is 57.8 Å². The van der Waals surface area contributed by atoms with Crippen LogP contribution in [-0.2, 0) is 11.2 Å². The van der Waals surface area contributed by atoms with E-state index in [1.54, 1.807) is 18.2 Å². The highest BCUT2D eigenvalue weighted by Crippen LogP contribution is 2.67. The van der Waals surface area contributed by atoms with Gasteiger partial charge in [0.2, 0.25) is 0 Å². The Balaban J connectivity index is 1.66. The topological polar surface area (TPSA) is 18.5 Å². The fourth-order valence-electron chi connectivity index (χ4n) is 5.59. The standard InChI is InChI=1S/C32H30F6O2S2/c1-5-40-17-9-8-10-20-13-15-21(16-14-20)28-18(2)24(19(3)41-28)26-27(31(35,36)32(37,38)30(26,33)34)25-22-11-6-7-12-23(22)42-29(25)39-4/h6-7,11-16H,5,8-10,17H2,1-4H3. The zero-order chi connectivity index (χ0) is 30.4. The number of aryl methyl sites for hydroxylation is 2. The van der Waals surface area contributed by atoms with Crippen molar-refractivity contribution >= 4 is 43.9 Å². The molecule has 0 saturated carbocycles. The molecule has 2 aromatic heterocycles. The summed E-state index contributed by atoms with van der Waals surface area (Å²) in [5, 5.41) is 0.0297. The zero-order valence-corrected chi connectivity index (χ0v) is 25.2. The summed E-state index contributed by atoms with van der Waals surface area (Å²) in [6.45, 7) is 6.34. The van der Waals surface area contributed by atoms with Gasteiger partial charge in [0.05, 0.1) is 12.7 Å². The van der Waals surface area contributed by atoms with Crippen LogP contribution in [0.5, 0.6) is 5.06 Å². The van der Waals surface area contributed by atoms with Crippen molar-refractivity contribution < 1.29 is 35.8 Å². The lowest BCUT2D eigenvalue weighted by Gasteiger charge is -2.26. The number of methoxy groups -OCH3 is 1. The summed E-state index contributed by atoms with van der Waals surface area (Å²) in [6.07, 6.45) is 2.70. The molecule has 2 heterocycles. The lowest BCUT2D eigenvalue weighted by molar-refractivity contribution is -0.254. The van der Waals surface area contributed by atoms with Gasteiger partial charge in [-0.1, -0.05) is 53.8 Å². The van der Waals surface area contributed by atoms with Gasteiger partial charge in [0.15, 0.2) is 5.06 Å². The van der Waals surface area contributed by atoms with Crippen LogP contribution in [-0.4, -0.2) is 38.1 Å². The van der Waals surface area contributed by atoms with E-state index in [2.05, 4.69) is 0 Å². The molecule has 0 spiro atoms. The van der Waals surface area contributed by atoms with Crippen molar-refractivity contribution in [2.24, 2.45) is 0 Å². The molecule has 42 heavy (non-hydrogen) atoms. The van der Waals surface area contributed by atoms with Crippen LogP contribution < -0.4 is 4.74 Å². The number of hydrogen-bond acceptors (Lipinski definition) is 4. The van der Waals surface area contributed by atoms with E-state index < -0.39 is 34.5 Å². The van der Waals surface area contributed by atoms with Gasteiger partial charge in [-0.25, -0.2) is 0 Å². The summed E-state index contributed by atoms with van der Waals surface area (Å²) in [5.74, 6) is -15.9. The second kappa shape index (κ2) is 11.4.